The number of methoxy groups -OCH3 is 1. The van der Waals surface area contributed by atoms with Gasteiger partial charge in [0.25, 0.3) is 11.5 Å². The topological polar surface area (TPSA) is 115 Å². The summed E-state index contributed by atoms with van der Waals surface area (Å²) in [6.07, 6.45) is 0. The van der Waals surface area contributed by atoms with Crippen molar-refractivity contribution in [1.29, 1.82) is 0 Å². The summed E-state index contributed by atoms with van der Waals surface area (Å²) in [5, 5.41) is 19.1. The lowest BCUT2D eigenvalue weighted by Gasteiger charge is -2.08. The Morgan fingerprint density at radius 1 is 0.971 bits per heavy atom. The number of nitrogens with one attached hydrogen (secondary N) is 2. The average molecular weight is 452 g/mol. The molecule has 0 spiro atoms. The van der Waals surface area contributed by atoms with E-state index < -0.39 is 0 Å². The molecule has 0 aliphatic carbocycles. The molecule has 2 heterocycles. The highest BCUT2D eigenvalue weighted by atomic mass is 16.5. The Morgan fingerprint density at radius 3 is 2.38 bits per heavy atom. The molecule has 1 amide bonds. The Labute approximate surface area is 194 Å². The Kier molecular flexibility index (Phi) is 5.35. The summed E-state index contributed by atoms with van der Waals surface area (Å²) in [5.74, 6) is 0.366. The minimum absolute atomic E-state index is 0.230. The first kappa shape index (κ1) is 21.1. The smallest absolute Gasteiger partial charge is 0.278 e. The Balaban J connectivity index is 1.37. The number of hydrogen-bond donors (Lipinski definition) is 2. The van der Waals surface area contributed by atoms with E-state index in [2.05, 4.69) is 25.8 Å². The van der Waals surface area contributed by atoms with E-state index in [1.54, 1.807) is 36.9 Å². The normalized spacial score (nSPS) is 10.9. The lowest BCUT2D eigenvalue weighted by Crippen LogP contribution is -2.14. The maximum atomic E-state index is 12.8. The van der Waals surface area contributed by atoms with Gasteiger partial charge in [0, 0.05) is 16.6 Å². The van der Waals surface area contributed by atoms with Crippen molar-refractivity contribution in [3.8, 4) is 22.7 Å². The second-order valence-electron chi connectivity index (χ2n) is 7.61. The van der Waals surface area contributed by atoms with Gasteiger partial charge in [0.2, 0.25) is 0 Å². The third kappa shape index (κ3) is 3.79. The van der Waals surface area contributed by atoms with Crippen molar-refractivity contribution in [1.82, 2.24) is 25.2 Å². The number of benzene rings is 3. The standard InChI is InChI=1S/C25H20N6O3/c1-15-22(28-30-31(15)18-11-13-19(34-2)14-12-18)25(33)26-17-9-7-16(8-10-17)23-20-5-3-4-6-21(20)24(32)29-27-23/h3-14H,1-2H3,(H,26,33)(H,29,32). The fraction of sp³-hybridized carbons (Fsp3) is 0.0800. The molecular weight excluding hydrogens is 432 g/mol. The predicted molar refractivity (Wildman–Crippen MR) is 128 cm³/mol. The van der Waals surface area contributed by atoms with Crippen LogP contribution in [0.3, 0.4) is 0 Å². The average Bonchev–Trinajstić information content (AvgIpc) is 3.26. The molecule has 0 atom stereocenters. The largest absolute Gasteiger partial charge is 0.497 e. The maximum Gasteiger partial charge on any atom is 0.278 e. The predicted octanol–water partition coefficient (Wildman–Crippen LogP) is 3.74. The number of ether oxygens (including phenoxy) is 1. The number of amides is 1. The van der Waals surface area contributed by atoms with E-state index in [4.69, 9.17) is 4.74 Å². The maximum absolute atomic E-state index is 12.8. The summed E-state index contributed by atoms with van der Waals surface area (Å²) >= 11 is 0. The van der Waals surface area contributed by atoms with Crippen LogP contribution in [-0.4, -0.2) is 38.2 Å². The fourth-order valence-electron chi connectivity index (χ4n) is 3.74. The van der Waals surface area contributed by atoms with Crippen LogP contribution in [0.1, 0.15) is 16.2 Å². The van der Waals surface area contributed by atoms with Crippen LogP contribution < -0.4 is 15.6 Å². The van der Waals surface area contributed by atoms with Gasteiger partial charge in [-0.15, -0.1) is 5.10 Å². The molecule has 5 rings (SSSR count). The number of aromatic amines is 1. The summed E-state index contributed by atoms with van der Waals surface area (Å²) in [4.78, 5) is 24.9. The summed E-state index contributed by atoms with van der Waals surface area (Å²) in [6, 6.07) is 21.8. The van der Waals surface area contributed by atoms with E-state index in [0.29, 0.717) is 22.5 Å². The van der Waals surface area contributed by atoms with Gasteiger partial charge in [-0.1, -0.05) is 35.5 Å². The summed E-state index contributed by atoms with van der Waals surface area (Å²) in [5.41, 5.74) is 3.45. The van der Waals surface area contributed by atoms with Crippen LogP contribution in [0.2, 0.25) is 0 Å². The number of hydrogen-bond acceptors (Lipinski definition) is 6. The zero-order valence-electron chi connectivity index (χ0n) is 18.4. The molecule has 0 radical (unpaired) electrons. The van der Waals surface area contributed by atoms with Crippen LogP contribution in [0.15, 0.2) is 77.6 Å². The van der Waals surface area contributed by atoms with E-state index in [0.717, 1.165) is 22.4 Å². The van der Waals surface area contributed by atoms with Gasteiger partial charge in [0.1, 0.15) is 5.75 Å². The van der Waals surface area contributed by atoms with Gasteiger partial charge in [-0.3, -0.25) is 9.59 Å². The lowest BCUT2D eigenvalue weighted by molar-refractivity contribution is 0.102. The Morgan fingerprint density at radius 2 is 1.68 bits per heavy atom. The second-order valence-corrected chi connectivity index (χ2v) is 7.61. The first-order valence-corrected chi connectivity index (χ1v) is 10.5. The highest BCUT2D eigenvalue weighted by molar-refractivity contribution is 6.03. The molecule has 2 aromatic heterocycles. The highest BCUT2D eigenvalue weighted by Crippen LogP contribution is 2.25. The van der Waals surface area contributed by atoms with Gasteiger partial charge in [0.05, 0.1) is 29.6 Å². The SMILES string of the molecule is COc1ccc(-n2nnc(C(=O)Nc3ccc(-c4n[nH]c(=O)c5ccccc45)cc3)c2C)cc1. The summed E-state index contributed by atoms with van der Waals surface area (Å²) < 4.78 is 6.78. The van der Waals surface area contributed by atoms with Crippen LogP contribution in [0.4, 0.5) is 5.69 Å². The van der Waals surface area contributed by atoms with E-state index in [-0.39, 0.29) is 17.2 Å². The number of fused-ring (bicyclic) bond motifs is 1. The molecule has 0 aliphatic rings. The van der Waals surface area contributed by atoms with Gasteiger partial charge in [-0.2, -0.15) is 5.10 Å². The monoisotopic (exact) mass is 452 g/mol. The molecule has 3 aromatic carbocycles. The van der Waals surface area contributed by atoms with Crippen LogP contribution in [0.25, 0.3) is 27.7 Å². The molecule has 0 bridgehead atoms. The van der Waals surface area contributed by atoms with Gasteiger partial charge in [-0.25, -0.2) is 9.78 Å². The van der Waals surface area contributed by atoms with Crippen molar-refractivity contribution >= 4 is 22.4 Å². The molecular formula is C25H20N6O3. The van der Waals surface area contributed by atoms with Crippen molar-refractivity contribution in [2.75, 3.05) is 12.4 Å². The Bertz CT molecular complexity index is 1550. The molecule has 9 heteroatoms. The zero-order valence-corrected chi connectivity index (χ0v) is 18.4. The van der Waals surface area contributed by atoms with Crippen LogP contribution in [0.5, 0.6) is 5.75 Å². The van der Waals surface area contributed by atoms with E-state index in [1.165, 1.54) is 0 Å². The molecule has 5 aromatic rings. The molecule has 0 unspecified atom stereocenters. The van der Waals surface area contributed by atoms with E-state index in [1.807, 2.05) is 54.6 Å². The summed E-state index contributed by atoms with van der Waals surface area (Å²) in [7, 11) is 1.60. The number of carbonyl (C=O) groups excluding carboxylic acids is 1. The molecule has 0 saturated heterocycles. The molecule has 0 saturated carbocycles. The molecule has 168 valence electrons. The third-order valence-corrected chi connectivity index (χ3v) is 5.54. The molecule has 34 heavy (non-hydrogen) atoms. The number of nitrogens with zero attached hydrogens (tertiary/aromatic N) is 4. The van der Waals surface area contributed by atoms with Crippen molar-refractivity contribution in [3.05, 3.63) is 94.5 Å². The molecule has 0 aliphatic heterocycles. The van der Waals surface area contributed by atoms with Crippen LogP contribution in [0, 0.1) is 6.92 Å². The first-order valence-electron chi connectivity index (χ1n) is 10.5. The second kappa shape index (κ2) is 8.62. The van der Waals surface area contributed by atoms with Crippen molar-refractivity contribution in [2.45, 2.75) is 6.92 Å². The number of anilines is 1. The first-order chi connectivity index (χ1) is 16.5. The van der Waals surface area contributed by atoms with Crippen LogP contribution in [-0.2, 0) is 0 Å². The highest BCUT2D eigenvalue weighted by Gasteiger charge is 2.18. The van der Waals surface area contributed by atoms with Crippen LogP contribution >= 0.6 is 0 Å². The fourth-order valence-corrected chi connectivity index (χ4v) is 3.74. The quantitative estimate of drug-likeness (QED) is 0.420. The van der Waals surface area contributed by atoms with Gasteiger partial charge in [0.15, 0.2) is 5.69 Å². The van der Waals surface area contributed by atoms with E-state index >= 15 is 0 Å². The number of aromatic nitrogens is 5. The lowest BCUT2D eigenvalue weighted by atomic mass is 10.0. The van der Waals surface area contributed by atoms with Gasteiger partial charge < -0.3 is 10.1 Å². The third-order valence-electron chi connectivity index (χ3n) is 5.54. The molecule has 9 nitrogen and oxygen atoms in total. The number of carbonyl (C=O) groups is 1. The Hall–Kier alpha value is -4.79. The molecule has 0 fully saturated rings. The van der Waals surface area contributed by atoms with Gasteiger partial charge >= 0.3 is 0 Å². The van der Waals surface area contributed by atoms with Crippen molar-refractivity contribution in [2.24, 2.45) is 0 Å². The number of rotatable bonds is 5. The number of H-pyrrole nitrogens is 1. The zero-order chi connectivity index (χ0) is 23.7. The van der Waals surface area contributed by atoms with E-state index in [9.17, 15) is 9.59 Å². The minimum Gasteiger partial charge on any atom is -0.497 e. The van der Waals surface area contributed by atoms with Crippen molar-refractivity contribution < 1.29 is 9.53 Å². The van der Waals surface area contributed by atoms with Gasteiger partial charge in [-0.05, 0) is 49.4 Å². The molecule has 2 N–H and O–H groups in total. The van der Waals surface area contributed by atoms with Crippen molar-refractivity contribution in [3.63, 3.8) is 0 Å². The summed E-state index contributed by atoms with van der Waals surface area (Å²) in [6.45, 7) is 1.79. The minimum atomic E-state index is -0.363.